The van der Waals surface area contributed by atoms with Crippen LogP contribution in [-0.2, 0) is 0 Å². The predicted octanol–water partition coefficient (Wildman–Crippen LogP) is 4.13. The fraction of sp³-hybridized carbons (Fsp3) is 0.583. The van der Waals surface area contributed by atoms with E-state index in [-0.39, 0.29) is 5.82 Å². The Labute approximate surface area is 99.2 Å². The molecule has 1 aromatic rings. The van der Waals surface area contributed by atoms with Crippen LogP contribution in [0.25, 0.3) is 0 Å². The molecule has 0 aromatic carbocycles. The van der Waals surface area contributed by atoms with Gasteiger partial charge >= 0.3 is 0 Å². The summed E-state index contributed by atoms with van der Waals surface area (Å²) in [7, 11) is 0. The molecule has 0 spiro atoms. The minimum Gasteiger partial charge on any atom is -0.258 e. The average molecular weight is 274 g/mol. The monoisotopic (exact) mass is 273 g/mol. The molecule has 1 aromatic heterocycles. The minimum atomic E-state index is -0.274. The van der Waals surface area contributed by atoms with Gasteiger partial charge in [0.25, 0.3) is 0 Å². The highest BCUT2D eigenvalue weighted by Crippen LogP contribution is 2.31. The van der Waals surface area contributed by atoms with Gasteiger partial charge in [-0.1, -0.05) is 36.7 Å². The molecule has 0 radical (unpaired) electrons. The maximum atomic E-state index is 12.7. The Kier molecular flexibility index (Phi) is 4.71. The Morgan fingerprint density at radius 3 is 2.47 bits per heavy atom. The van der Waals surface area contributed by atoms with Gasteiger partial charge in [0, 0.05) is 16.4 Å². The fourth-order valence-electron chi connectivity index (χ4n) is 1.67. The van der Waals surface area contributed by atoms with Crippen LogP contribution in [0.4, 0.5) is 4.39 Å². The summed E-state index contributed by atoms with van der Waals surface area (Å²) in [6.45, 7) is 6.48. The van der Waals surface area contributed by atoms with Gasteiger partial charge in [0.05, 0.1) is 6.20 Å². The van der Waals surface area contributed by atoms with E-state index in [0.717, 1.165) is 12.1 Å². The zero-order valence-electron chi connectivity index (χ0n) is 9.37. The topological polar surface area (TPSA) is 12.9 Å². The lowest BCUT2D eigenvalue weighted by Crippen LogP contribution is -2.18. The number of aromatic nitrogens is 1. The van der Waals surface area contributed by atoms with Gasteiger partial charge in [-0.2, -0.15) is 0 Å². The third-order valence-corrected chi connectivity index (χ3v) is 4.29. The van der Waals surface area contributed by atoms with Crippen molar-refractivity contribution in [1.82, 2.24) is 4.98 Å². The molecule has 0 aliphatic heterocycles. The molecule has 2 atom stereocenters. The van der Waals surface area contributed by atoms with Crippen LogP contribution >= 0.6 is 15.9 Å². The van der Waals surface area contributed by atoms with Gasteiger partial charge in [0.15, 0.2) is 0 Å². The van der Waals surface area contributed by atoms with Crippen molar-refractivity contribution >= 4 is 15.9 Å². The second-order valence-electron chi connectivity index (χ2n) is 4.10. The summed E-state index contributed by atoms with van der Waals surface area (Å²) in [6.07, 6.45) is 2.30. The lowest BCUT2D eigenvalue weighted by Gasteiger charge is -2.23. The number of nitrogens with zero attached hydrogens (tertiary/aromatic N) is 1. The number of halogens is 2. The molecule has 0 N–H and O–H groups in total. The number of rotatable bonds is 4. The van der Waals surface area contributed by atoms with Crippen LogP contribution in [0.1, 0.15) is 38.8 Å². The van der Waals surface area contributed by atoms with Crippen molar-refractivity contribution in [2.24, 2.45) is 5.92 Å². The summed E-state index contributed by atoms with van der Waals surface area (Å²) in [6, 6.07) is 3.26. The number of pyridine rings is 1. The zero-order valence-corrected chi connectivity index (χ0v) is 11.0. The number of hydrogen-bond donors (Lipinski definition) is 0. The fourth-order valence-corrected chi connectivity index (χ4v) is 2.31. The van der Waals surface area contributed by atoms with Gasteiger partial charge in [-0.25, -0.2) is 4.39 Å². The number of hydrogen-bond acceptors (Lipinski definition) is 1. The molecule has 1 heterocycles. The van der Waals surface area contributed by atoms with Crippen molar-refractivity contribution in [3.63, 3.8) is 0 Å². The smallest absolute Gasteiger partial charge is 0.141 e. The summed E-state index contributed by atoms with van der Waals surface area (Å²) in [5.41, 5.74) is 0.967. The summed E-state index contributed by atoms with van der Waals surface area (Å²) in [5, 5.41) is 0. The second-order valence-corrected chi connectivity index (χ2v) is 5.16. The second kappa shape index (κ2) is 5.59. The normalized spacial score (nSPS) is 15.3. The first-order valence-corrected chi connectivity index (χ1v) is 6.23. The van der Waals surface area contributed by atoms with E-state index in [9.17, 15) is 4.39 Å². The van der Waals surface area contributed by atoms with Crippen molar-refractivity contribution in [3.05, 3.63) is 29.8 Å². The SMILES string of the molecule is CCC(c1ccc(F)cn1)C(Br)C(C)C. The Hall–Kier alpha value is -0.440. The van der Waals surface area contributed by atoms with Crippen LogP contribution in [0.2, 0.25) is 0 Å². The van der Waals surface area contributed by atoms with Gasteiger partial charge < -0.3 is 0 Å². The van der Waals surface area contributed by atoms with Gasteiger partial charge in [-0.15, -0.1) is 0 Å². The van der Waals surface area contributed by atoms with Crippen LogP contribution in [-0.4, -0.2) is 9.81 Å². The number of alkyl halides is 1. The lowest BCUT2D eigenvalue weighted by atomic mass is 9.91. The molecular formula is C12H17BrFN. The van der Waals surface area contributed by atoms with Gasteiger partial charge in [-0.05, 0) is 24.5 Å². The molecule has 0 bridgehead atoms. The van der Waals surface area contributed by atoms with E-state index in [1.807, 2.05) is 0 Å². The molecule has 0 amide bonds. The van der Waals surface area contributed by atoms with Crippen LogP contribution in [0.5, 0.6) is 0 Å². The molecule has 84 valence electrons. The molecule has 2 unspecified atom stereocenters. The lowest BCUT2D eigenvalue weighted by molar-refractivity contribution is 0.503. The molecule has 3 heteroatoms. The van der Waals surface area contributed by atoms with Crippen LogP contribution in [0.15, 0.2) is 18.3 Å². The highest BCUT2D eigenvalue weighted by molar-refractivity contribution is 9.09. The van der Waals surface area contributed by atoms with Crippen LogP contribution in [0.3, 0.4) is 0 Å². The Bertz CT molecular complexity index is 297. The average Bonchev–Trinajstić information content (AvgIpc) is 2.21. The van der Waals surface area contributed by atoms with Crippen LogP contribution in [0, 0.1) is 11.7 Å². The highest BCUT2D eigenvalue weighted by Gasteiger charge is 2.22. The quantitative estimate of drug-likeness (QED) is 0.752. The molecule has 0 saturated heterocycles. The van der Waals surface area contributed by atoms with E-state index < -0.39 is 0 Å². The van der Waals surface area contributed by atoms with Gasteiger partial charge in [0.1, 0.15) is 5.82 Å². The van der Waals surface area contributed by atoms with Gasteiger partial charge in [-0.3, -0.25) is 4.98 Å². The summed E-state index contributed by atoms with van der Waals surface area (Å²) < 4.78 is 12.7. The largest absolute Gasteiger partial charge is 0.258 e. The van der Waals surface area contributed by atoms with Crippen LogP contribution < -0.4 is 0 Å². The Balaban J connectivity index is 2.87. The van der Waals surface area contributed by atoms with E-state index in [4.69, 9.17) is 0 Å². The Morgan fingerprint density at radius 2 is 2.07 bits per heavy atom. The third-order valence-electron chi connectivity index (χ3n) is 2.59. The predicted molar refractivity (Wildman–Crippen MR) is 64.8 cm³/mol. The maximum absolute atomic E-state index is 12.7. The first-order chi connectivity index (χ1) is 7.06. The molecule has 15 heavy (non-hydrogen) atoms. The van der Waals surface area contributed by atoms with Gasteiger partial charge in [0.2, 0.25) is 0 Å². The molecule has 1 nitrogen and oxygen atoms in total. The third kappa shape index (κ3) is 3.26. The van der Waals surface area contributed by atoms with Crippen molar-refractivity contribution < 1.29 is 4.39 Å². The Morgan fingerprint density at radius 1 is 1.40 bits per heavy atom. The highest BCUT2D eigenvalue weighted by atomic mass is 79.9. The van der Waals surface area contributed by atoms with E-state index in [1.54, 1.807) is 6.07 Å². The minimum absolute atomic E-state index is 0.274. The van der Waals surface area contributed by atoms with E-state index in [2.05, 4.69) is 41.7 Å². The zero-order chi connectivity index (χ0) is 11.4. The summed E-state index contributed by atoms with van der Waals surface area (Å²) >= 11 is 3.69. The van der Waals surface area contributed by atoms with Crippen molar-refractivity contribution in [1.29, 1.82) is 0 Å². The van der Waals surface area contributed by atoms with E-state index >= 15 is 0 Å². The molecule has 0 aliphatic rings. The summed E-state index contributed by atoms with van der Waals surface area (Å²) in [4.78, 5) is 4.54. The molecular weight excluding hydrogens is 257 g/mol. The molecule has 1 rings (SSSR count). The first-order valence-electron chi connectivity index (χ1n) is 5.31. The van der Waals surface area contributed by atoms with Crippen molar-refractivity contribution in [2.45, 2.75) is 37.9 Å². The molecule has 0 fully saturated rings. The van der Waals surface area contributed by atoms with E-state index in [1.165, 1.54) is 12.3 Å². The molecule has 0 saturated carbocycles. The first kappa shape index (κ1) is 12.6. The maximum Gasteiger partial charge on any atom is 0.141 e. The standard InChI is InChI=1S/C12H17BrFN/c1-4-10(12(13)8(2)3)11-6-5-9(14)7-15-11/h5-8,10,12H,4H2,1-3H3. The van der Waals surface area contributed by atoms with Crippen molar-refractivity contribution in [3.8, 4) is 0 Å². The van der Waals surface area contributed by atoms with Crippen molar-refractivity contribution in [2.75, 3.05) is 0 Å². The summed E-state index contributed by atoms with van der Waals surface area (Å²) in [5.74, 6) is 0.622. The molecule has 0 aliphatic carbocycles. The van der Waals surface area contributed by atoms with E-state index in [0.29, 0.717) is 16.7 Å².